The molecule has 2 unspecified atom stereocenters. The van der Waals surface area contributed by atoms with Gasteiger partial charge in [-0.15, -0.1) is 0 Å². The lowest BCUT2D eigenvalue weighted by Gasteiger charge is -2.40. The summed E-state index contributed by atoms with van der Waals surface area (Å²) in [5.74, 6) is 2.38. The molecule has 3 atom stereocenters. The molecule has 0 N–H and O–H groups in total. The molecular weight excluding hydrogens is 204 g/mol. The molecule has 1 rings (SSSR count). The molecule has 0 bridgehead atoms. The van der Waals surface area contributed by atoms with Crippen molar-refractivity contribution in [1.29, 1.82) is 0 Å². The molecule has 0 heterocycles. The van der Waals surface area contributed by atoms with Crippen LogP contribution in [-0.2, 0) is 4.79 Å². The van der Waals surface area contributed by atoms with Gasteiger partial charge in [0.05, 0.1) is 0 Å². The van der Waals surface area contributed by atoms with Crippen molar-refractivity contribution >= 4 is 16.9 Å². The van der Waals surface area contributed by atoms with Gasteiger partial charge >= 0.3 is 0 Å². The Hall–Kier alpha value is 0.0200. The van der Waals surface area contributed by atoms with Crippen LogP contribution in [0.3, 0.4) is 0 Å². The third-order valence-electron chi connectivity index (χ3n) is 3.99. The van der Waals surface area contributed by atoms with Crippen LogP contribution in [-0.4, -0.2) is 9.86 Å². The van der Waals surface area contributed by atoms with Gasteiger partial charge in [-0.1, -0.05) is 32.0 Å². The molecule has 0 aromatic carbocycles. The Morgan fingerprint density at radius 1 is 1.20 bits per heavy atom. The smallest absolute Gasteiger partial charge is 0.186 e. The molecule has 1 aliphatic carbocycles. The van der Waals surface area contributed by atoms with Crippen molar-refractivity contribution in [3.05, 3.63) is 0 Å². The van der Waals surface area contributed by atoms with E-state index in [1.807, 2.05) is 0 Å². The summed E-state index contributed by atoms with van der Waals surface area (Å²) < 4.78 is 0.125. The maximum atomic E-state index is 11.2. The highest BCUT2D eigenvalue weighted by atomic mass is 32.2. The molecule has 1 fully saturated rings. The van der Waals surface area contributed by atoms with Crippen LogP contribution in [0.4, 0.5) is 0 Å². The van der Waals surface area contributed by atoms with E-state index in [1.165, 1.54) is 31.0 Å². The second-order valence-electron chi connectivity index (χ2n) is 5.66. The predicted molar refractivity (Wildman–Crippen MR) is 68.0 cm³/mol. The van der Waals surface area contributed by atoms with Crippen LogP contribution in [0.15, 0.2) is 0 Å². The van der Waals surface area contributed by atoms with Gasteiger partial charge in [-0.3, -0.25) is 4.79 Å². The fourth-order valence-corrected chi connectivity index (χ4v) is 3.75. The number of hydrogen-bond donors (Lipinski definition) is 0. The highest BCUT2D eigenvalue weighted by Crippen LogP contribution is 2.44. The third-order valence-corrected chi connectivity index (χ3v) is 5.14. The largest absolute Gasteiger partial charge is 0.288 e. The Balaban J connectivity index is 2.60. The zero-order chi connectivity index (χ0) is 11.6. The Bertz CT molecular complexity index is 235. The van der Waals surface area contributed by atoms with Crippen molar-refractivity contribution < 1.29 is 4.79 Å². The number of thioether (sulfide) groups is 1. The molecule has 1 nitrogen and oxygen atoms in total. The standard InChI is InChI=1S/C13H24OS/c1-9-6-7-12(8-10(9)2)13(4,5)15-11(3)14/h9-10,12H,6-8H2,1-5H3/t9?,10-,12?/m0/s1. The molecule has 0 spiro atoms. The van der Waals surface area contributed by atoms with Gasteiger partial charge in [-0.2, -0.15) is 0 Å². The Labute approximate surface area is 98.4 Å². The summed E-state index contributed by atoms with van der Waals surface area (Å²) in [6.07, 6.45) is 3.90. The SMILES string of the molecule is CC(=O)SC(C)(C)C1CCC(C)[C@@H](C)C1. The minimum absolute atomic E-state index is 0.125. The minimum atomic E-state index is 0.125. The molecule has 0 aromatic heterocycles. The minimum Gasteiger partial charge on any atom is -0.288 e. The van der Waals surface area contributed by atoms with E-state index < -0.39 is 0 Å². The zero-order valence-electron chi connectivity index (χ0n) is 10.7. The molecule has 0 aliphatic heterocycles. The highest BCUT2D eigenvalue weighted by Gasteiger charge is 2.36. The molecule has 15 heavy (non-hydrogen) atoms. The zero-order valence-corrected chi connectivity index (χ0v) is 11.5. The van der Waals surface area contributed by atoms with E-state index in [9.17, 15) is 4.79 Å². The summed E-state index contributed by atoms with van der Waals surface area (Å²) in [7, 11) is 0. The highest BCUT2D eigenvalue weighted by molar-refractivity contribution is 8.14. The molecule has 0 radical (unpaired) electrons. The van der Waals surface area contributed by atoms with Crippen LogP contribution < -0.4 is 0 Å². The van der Waals surface area contributed by atoms with Crippen molar-refractivity contribution in [2.24, 2.45) is 17.8 Å². The van der Waals surface area contributed by atoms with Crippen LogP contribution >= 0.6 is 11.8 Å². The van der Waals surface area contributed by atoms with E-state index in [1.54, 1.807) is 6.92 Å². The van der Waals surface area contributed by atoms with Gasteiger partial charge in [0.25, 0.3) is 0 Å². The van der Waals surface area contributed by atoms with E-state index in [2.05, 4.69) is 27.7 Å². The number of rotatable bonds is 2. The van der Waals surface area contributed by atoms with E-state index in [-0.39, 0.29) is 9.86 Å². The Kier molecular flexibility index (Phi) is 4.28. The summed E-state index contributed by atoms with van der Waals surface area (Å²) in [5.41, 5.74) is 0. The first-order valence-electron chi connectivity index (χ1n) is 6.02. The normalized spacial score (nSPS) is 32.7. The number of hydrogen-bond acceptors (Lipinski definition) is 2. The molecule has 88 valence electrons. The van der Waals surface area contributed by atoms with Gasteiger partial charge in [0.1, 0.15) is 0 Å². The van der Waals surface area contributed by atoms with Gasteiger partial charge < -0.3 is 0 Å². The van der Waals surface area contributed by atoms with E-state index in [0.717, 1.165) is 11.8 Å². The van der Waals surface area contributed by atoms with Crippen molar-refractivity contribution in [2.45, 2.75) is 58.6 Å². The lowest BCUT2D eigenvalue weighted by atomic mass is 9.72. The van der Waals surface area contributed by atoms with Gasteiger partial charge in [0.2, 0.25) is 0 Å². The van der Waals surface area contributed by atoms with Crippen LogP contribution in [0.1, 0.15) is 53.9 Å². The summed E-state index contributed by atoms with van der Waals surface area (Å²) in [6, 6.07) is 0. The molecular formula is C13H24OS. The van der Waals surface area contributed by atoms with E-state index >= 15 is 0 Å². The topological polar surface area (TPSA) is 17.1 Å². The first kappa shape index (κ1) is 13.1. The van der Waals surface area contributed by atoms with Crippen LogP contribution in [0.2, 0.25) is 0 Å². The quantitative estimate of drug-likeness (QED) is 0.707. The first-order chi connectivity index (χ1) is 6.83. The lowest BCUT2D eigenvalue weighted by molar-refractivity contribution is -0.109. The van der Waals surface area contributed by atoms with Crippen LogP contribution in [0.5, 0.6) is 0 Å². The average Bonchev–Trinajstić information content (AvgIpc) is 2.07. The predicted octanol–water partition coefficient (Wildman–Crippen LogP) is 4.12. The van der Waals surface area contributed by atoms with Crippen LogP contribution in [0.25, 0.3) is 0 Å². The molecule has 0 saturated heterocycles. The van der Waals surface area contributed by atoms with Crippen molar-refractivity contribution in [3.8, 4) is 0 Å². The molecule has 1 saturated carbocycles. The number of carbonyl (C=O) groups excluding carboxylic acids is 1. The second kappa shape index (κ2) is 4.90. The summed E-state index contributed by atoms with van der Waals surface area (Å²) in [4.78, 5) is 11.2. The summed E-state index contributed by atoms with van der Waals surface area (Å²) in [5, 5.41) is 0.256. The molecule has 2 heteroatoms. The fraction of sp³-hybridized carbons (Fsp3) is 0.923. The Morgan fingerprint density at radius 2 is 1.80 bits per heavy atom. The van der Waals surface area contributed by atoms with Crippen molar-refractivity contribution in [1.82, 2.24) is 0 Å². The third kappa shape index (κ3) is 3.51. The van der Waals surface area contributed by atoms with Crippen molar-refractivity contribution in [3.63, 3.8) is 0 Å². The fourth-order valence-electron chi connectivity index (χ4n) is 2.63. The van der Waals surface area contributed by atoms with Gasteiger partial charge in [0, 0.05) is 11.7 Å². The van der Waals surface area contributed by atoms with Crippen LogP contribution in [0, 0.1) is 17.8 Å². The molecule has 1 aliphatic rings. The monoisotopic (exact) mass is 228 g/mol. The van der Waals surface area contributed by atoms with Crippen molar-refractivity contribution in [2.75, 3.05) is 0 Å². The molecule has 0 aromatic rings. The molecule has 0 amide bonds. The van der Waals surface area contributed by atoms with Gasteiger partial charge in [-0.05, 0) is 44.4 Å². The average molecular weight is 228 g/mol. The maximum Gasteiger partial charge on any atom is 0.186 e. The van der Waals surface area contributed by atoms with Gasteiger partial charge in [0.15, 0.2) is 5.12 Å². The summed E-state index contributed by atoms with van der Waals surface area (Å²) in [6.45, 7) is 10.8. The lowest BCUT2D eigenvalue weighted by Crippen LogP contribution is -2.34. The number of carbonyl (C=O) groups is 1. The first-order valence-corrected chi connectivity index (χ1v) is 6.84. The van der Waals surface area contributed by atoms with E-state index in [0.29, 0.717) is 5.92 Å². The second-order valence-corrected chi connectivity index (χ2v) is 7.49. The van der Waals surface area contributed by atoms with Gasteiger partial charge in [-0.25, -0.2) is 0 Å². The Morgan fingerprint density at radius 3 is 2.27 bits per heavy atom. The maximum absolute atomic E-state index is 11.2. The van der Waals surface area contributed by atoms with E-state index in [4.69, 9.17) is 0 Å². The summed E-state index contributed by atoms with van der Waals surface area (Å²) >= 11 is 1.53.